The van der Waals surface area contributed by atoms with E-state index in [4.69, 9.17) is 58.0 Å². The Morgan fingerprint density at radius 1 is 0.919 bits per heavy atom. The number of benzene rings is 2. The lowest BCUT2D eigenvalue weighted by atomic mass is 10.1. The summed E-state index contributed by atoms with van der Waals surface area (Å²) in [6, 6.07) is 6.38. The van der Waals surface area contributed by atoms with Gasteiger partial charge < -0.3 is 10.2 Å². The zero-order chi connectivity index (χ0) is 28.1. The van der Waals surface area contributed by atoms with Crippen LogP contribution in [-0.4, -0.2) is 50.0 Å². The second kappa shape index (κ2) is 13.6. The fourth-order valence-electron chi connectivity index (χ4n) is 3.51. The van der Waals surface area contributed by atoms with E-state index in [1.54, 1.807) is 25.1 Å². The molecule has 2 amide bonds. The van der Waals surface area contributed by atoms with Crippen molar-refractivity contribution in [3.05, 3.63) is 61.0 Å². The van der Waals surface area contributed by atoms with Crippen LogP contribution in [0.2, 0.25) is 25.1 Å². The van der Waals surface area contributed by atoms with Crippen molar-refractivity contribution in [1.82, 2.24) is 10.2 Å². The Kier molecular flexibility index (Phi) is 11.7. The molecular formula is C24H28Cl5N3O4S. The van der Waals surface area contributed by atoms with E-state index >= 15 is 0 Å². The van der Waals surface area contributed by atoms with Gasteiger partial charge in [0.2, 0.25) is 21.8 Å². The fourth-order valence-corrected chi connectivity index (χ4v) is 5.58. The summed E-state index contributed by atoms with van der Waals surface area (Å²) in [5, 5.41) is 3.65. The molecule has 1 N–H and O–H groups in total. The minimum atomic E-state index is -4.02. The maximum absolute atomic E-state index is 13.8. The molecule has 0 unspecified atom stereocenters. The SMILES string of the molecule is CC[C@@H](C)NC(=O)[C@H](CC)N(Cc1c(Cl)cccc1Cl)C(=O)CN(c1cc(Cl)c(Cl)cc1Cl)S(C)(=O)=O. The van der Waals surface area contributed by atoms with Gasteiger partial charge >= 0.3 is 0 Å². The molecule has 0 saturated heterocycles. The summed E-state index contributed by atoms with van der Waals surface area (Å²) in [6.07, 6.45) is 1.87. The number of nitrogens with one attached hydrogen (secondary N) is 1. The first-order chi connectivity index (χ1) is 17.2. The molecule has 2 rings (SSSR count). The molecule has 0 aromatic heterocycles. The van der Waals surface area contributed by atoms with Gasteiger partial charge in [0.25, 0.3) is 0 Å². The van der Waals surface area contributed by atoms with Gasteiger partial charge in [-0.25, -0.2) is 8.42 Å². The highest BCUT2D eigenvalue weighted by atomic mass is 35.5. The predicted octanol–water partition coefficient (Wildman–Crippen LogP) is 6.44. The van der Waals surface area contributed by atoms with Crippen LogP contribution in [-0.2, 0) is 26.2 Å². The lowest BCUT2D eigenvalue weighted by molar-refractivity contribution is -0.140. The Bertz CT molecular complexity index is 1240. The molecule has 204 valence electrons. The van der Waals surface area contributed by atoms with E-state index < -0.39 is 28.5 Å². The van der Waals surface area contributed by atoms with Crippen LogP contribution in [0.25, 0.3) is 0 Å². The average Bonchev–Trinajstić information content (AvgIpc) is 2.80. The van der Waals surface area contributed by atoms with Crippen LogP contribution in [0.4, 0.5) is 5.69 Å². The van der Waals surface area contributed by atoms with Crippen molar-refractivity contribution in [2.75, 3.05) is 17.1 Å². The third-order valence-electron chi connectivity index (χ3n) is 5.71. The highest BCUT2D eigenvalue weighted by molar-refractivity contribution is 7.92. The first-order valence-corrected chi connectivity index (χ1v) is 15.1. The third-order valence-corrected chi connectivity index (χ3v) is 8.57. The predicted molar refractivity (Wildman–Crippen MR) is 153 cm³/mol. The summed E-state index contributed by atoms with van der Waals surface area (Å²) in [5.41, 5.74) is 0.396. The van der Waals surface area contributed by atoms with Crippen LogP contribution in [0, 0.1) is 0 Å². The lowest BCUT2D eigenvalue weighted by Gasteiger charge is -2.34. The first-order valence-electron chi connectivity index (χ1n) is 11.4. The van der Waals surface area contributed by atoms with E-state index in [1.807, 2.05) is 13.8 Å². The van der Waals surface area contributed by atoms with Gasteiger partial charge in [-0.15, -0.1) is 0 Å². The molecular weight excluding hydrogens is 604 g/mol. The van der Waals surface area contributed by atoms with Crippen molar-refractivity contribution < 1.29 is 18.0 Å². The zero-order valence-corrected chi connectivity index (χ0v) is 25.3. The smallest absolute Gasteiger partial charge is 0.244 e. The van der Waals surface area contributed by atoms with Crippen molar-refractivity contribution in [2.45, 2.75) is 52.2 Å². The van der Waals surface area contributed by atoms with Crippen LogP contribution in [0.3, 0.4) is 0 Å². The molecule has 0 aliphatic heterocycles. The van der Waals surface area contributed by atoms with E-state index in [0.29, 0.717) is 22.0 Å². The molecule has 2 aromatic carbocycles. The van der Waals surface area contributed by atoms with Crippen molar-refractivity contribution >= 4 is 85.5 Å². The summed E-state index contributed by atoms with van der Waals surface area (Å²) in [4.78, 5) is 28.2. The van der Waals surface area contributed by atoms with Gasteiger partial charge in [0.05, 0.1) is 27.0 Å². The average molecular weight is 632 g/mol. The molecule has 0 bridgehead atoms. The molecule has 0 fully saturated rings. The highest BCUT2D eigenvalue weighted by Crippen LogP contribution is 2.36. The quantitative estimate of drug-likeness (QED) is 0.289. The van der Waals surface area contributed by atoms with Crippen LogP contribution >= 0.6 is 58.0 Å². The summed E-state index contributed by atoms with van der Waals surface area (Å²) >= 11 is 31.1. The molecule has 0 saturated carbocycles. The number of anilines is 1. The molecule has 37 heavy (non-hydrogen) atoms. The van der Waals surface area contributed by atoms with Gasteiger partial charge in [0.1, 0.15) is 12.6 Å². The minimum absolute atomic E-state index is 0.0186. The molecule has 2 atom stereocenters. The van der Waals surface area contributed by atoms with Gasteiger partial charge in [0.15, 0.2) is 0 Å². The van der Waals surface area contributed by atoms with Gasteiger partial charge in [-0.2, -0.15) is 0 Å². The molecule has 7 nitrogen and oxygen atoms in total. The Balaban J connectivity index is 2.57. The van der Waals surface area contributed by atoms with Crippen LogP contribution in [0.1, 0.15) is 39.2 Å². The van der Waals surface area contributed by atoms with Crippen molar-refractivity contribution in [3.63, 3.8) is 0 Å². The molecule has 0 radical (unpaired) electrons. The second-order valence-corrected chi connectivity index (χ2v) is 12.4. The summed E-state index contributed by atoms with van der Waals surface area (Å²) in [7, 11) is -4.02. The van der Waals surface area contributed by atoms with E-state index in [-0.39, 0.29) is 45.7 Å². The maximum Gasteiger partial charge on any atom is 0.244 e. The number of rotatable bonds is 11. The Morgan fingerprint density at radius 3 is 2.00 bits per heavy atom. The monoisotopic (exact) mass is 629 g/mol. The van der Waals surface area contributed by atoms with Crippen molar-refractivity contribution in [2.24, 2.45) is 0 Å². The molecule has 2 aromatic rings. The number of hydrogen-bond acceptors (Lipinski definition) is 4. The van der Waals surface area contributed by atoms with Crippen LogP contribution in [0.15, 0.2) is 30.3 Å². The summed E-state index contributed by atoms with van der Waals surface area (Å²) in [6.45, 7) is 4.73. The van der Waals surface area contributed by atoms with E-state index in [2.05, 4.69) is 5.32 Å². The normalized spacial score (nSPS) is 13.1. The number of carbonyl (C=O) groups is 2. The third kappa shape index (κ3) is 8.28. The number of amides is 2. The van der Waals surface area contributed by atoms with E-state index in [0.717, 1.165) is 10.6 Å². The van der Waals surface area contributed by atoms with E-state index in [9.17, 15) is 18.0 Å². The molecule has 0 aliphatic rings. The first kappa shape index (κ1) is 31.8. The fraction of sp³-hybridized carbons (Fsp3) is 0.417. The number of halogens is 5. The maximum atomic E-state index is 13.8. The van der Waals surface area contributed by atoms with Gasteiger partial charge in [-0.3, -0.25) is 13.9 Å². The number of hydrogen-bond donors (Lipinski definition) is 1. The summed E-state index contributed by atoms with van der Waals surface area (Å²) < 4.78 is 26.3. The Morgan fingerprint density at radius 2 is 1.49 bits per heavy atom. The largest absolute Gasteiger partial charge is 0.352 e. The second-order valence-electron chi connectivity index (χ2n) is 8.45. The standard InChI is InChI=1S/C24H28Cl5N3O4S/c1-5-14(3)30-24(34)21(6-2)31(12-15-16(25)8-7-9-17(15)26)23(33)13-32(37(4,35)36)22-11-19(28)18(27)10-20(22)29/h7-11,14,21H,5-6,12-13H2,1-4H3,(H,30,34)/t14-,21+/m1/s1. The van der Waals surface area contributed by atoms with Gasteiger partial charge in [0, 0.05) is 28.2 Å². The van der Waals surface area contributed by atoms with Crippen molar-refractivity contribution in [1.29, 1.82) is 0 Å². The van der Waals surface area contributed by atoms with Crippen LogP contribution < -0.4 is 9.62 Å². The number of nitrogens with zero attached hydrogens (tertiary/aromatic N) is 2. The zero-order valence-electron chi connectivity index (χ0n) is 20.7. The molecule has 0 spiro atoms. The molecule has 0 heterocycles. The molecule has 13 heteroatoms. The van der Waals surface area contributed by atoms with Crippen LogP contribution in [0.5, 0.6) is 0 Å². The van der Waals surface area contributed by atoms with Gasteiger partial charge in [-0.1, -0.05) is 77.9 Å². The summed E-state index contributed by atoms with van der Waals surface area (Å²) in [5.74, 6) is -1.05. The molecule has 0 aliphatic carbocycles. The topological polar surface area (TPSA) is 86.8 Å². The van der Waals surface area contributed by atoms with E-state index in [1.165, 1.54) is 17.0 Å². The number of sulfonamides is 1. The minimum Gasteiger partial charge on any atom is -0.352 e. The lowest BCUT2D eigenvalue weighted by Crippen LogP contribution is -2.53. The Hall–Kier alpha value is -1.42. The van der Waals surface area contributed by atoms with Gasteiger partial charge in [-0.05, 0) is 44.0 Å². The highest BCUT2D eigenvalue weighted by Gasteiger charge is 2.33. The number of carbonyl (C=O) groups excluding carboxylic acids is 2. The van der Waals surface area contributed by atoms with Crippen molar-refractivity contribution in [3.8, 4) is 0 Å². The Labute approximate surface area is 243 Å².